The maximum absolute atomic E-state index is 10.6. The summed E-state index contributed by atoms with van der Waals surface area (Å²) in [5.74, 6) is 0. The van der Waals surface area contributed by atoms with Crippen LogP contribution in [0.3, 0.4) is 0 Å². The van der Waals surface area contributed by atoms with Crippen molar-refractivity contribution in [3.8, 4) is 0 Å². The van der Waals surface area contributed by atoms with E-state index in [2.05, 4.69) is 6.92 Å². The maximum atomic E-state index is 10.6. The lowest BCUT2D eigenvalue weighted by atomic mass is 10.3. The molecule has 0 fully saturated rings. The minimum atomic E-state index is -2.70. The summed E-state index contributed by atoms with van der Waals surface area (Å²) >= 11 is 0. The first kappa shape index (κ1) is 9.19. The average molecular weight is 150 g/mol. The number of unbranched alkanes of at least 4 members (excludes halogenated alkanes) is 2. The molecule has 0 bridgehead atoms. The van der Waals surface area contributed by atoms with E-state index in [-0.39, 0.29) is 0 Å². The van der Waals surface area contributed by atoms with Gasteiger partial charge in [-0.05, 0) is 6.42 Å². The predicted octanol–water partition coefficient (Wildman–Crippen LogP) is 2.08. The Kier molecular flexibility index (Phi) is 4.16. The Labute approximate surface area is 56.7 Å². The largest absolute Gasteiger partial charge is 0.344 e. The molecule has 0 saturated carbocycles. The van der Waals surface area contributed by atoms with Crippen LogP contribution in [0.5, 0.6) is 0 Å². The summed E-state index contributed by atoms with van der Waals surface area (Å²) in [4.78, 5) is 8.80. The third-order valence-corrected chi connectivity index (χ3v) is 2.32. The molecule has 0 aliphatic rings. The van der Waals surface area contributed by atoms with E-state index in [1.165, 1.54) is 6.66 Å². The molecule has 0 aliphatic carbocycles. The summed E-state index contributed by atoms with van der Waals surface area (Å²) in [7, 11) is -2.70. The molecule has 1 unspecified atom stereocenters. The Bertz CT molecular complexity index is 106. The number of hydrogen-bond acceptors (Lipinski definition) is 1. The molecule has 0 aromatic rings. The highest BCUT2D eigenvalue weighted by molar-refractivity contribution is 7.57. The third kappa shape index (κ3) is 8.19. The Morgan fingerprint density at radius 3 is 2.33 bits per heavy atom. The minimum Gasteiger partial charge on any atom is -0.344 e. The van der Waals surface area contributed by atoms with Crippen molar-refractivity contribution in [1.29, 1.82) is 0 Å². The molecule has 1 atom stereocenters. The summed E-state index contributed by atoms with van der Waals surface area (Å²) in [6.45, 7) is 3.50. The smallest absolute Gasteiger partial charge is 0.197 e. The van der Waals surface area contributed by atoms with Gasteiger partial charge in [0, 0.05) is 12.8 Å². The van der Waals surface area contributed by atoms with Gasteiger partial charge in [0.05, 0.1) is 0 Å². The van der Waals surface area contributed by atoms with Crippen LogP contribution in [0.4, 0.5) is 0 Å². The average Bonchev–Trinajstić information content (AvgIpc) is 1.63. The van der Waals surface area contributed by atoms with Crippen LogP contribution in [0.15, 0.2) is 0 Å². The van der Waals surface area contributed by atoms with Gasteiger partial charge in [-0.3, -0.25) is 4.57 Å². The van der Waals surface area contributed by atoms with Gasteiger partial charge in [0.15, 0.2) is 7.37 Å². The molecule has 0 aromatic heterocycles. The predicted molar refractivity (Wildman–Crippen MR) is 40.1 cm³/mol. The van der Waals surface area contributed by atoms with Crippen molar-refractivity contribution in [1.82, 2.24) is 0 Å². The van der Waals surface area contributed by atoms with Crippen LogP contribution in [-0.4, -0.2) is 17.7 Å². The standard InChI is InChI=1S/C6H15O2P/c1-3-4-5-6-9(2,7)8/h3-6H2,1-2H3,(H,7,8). The molecule has 2 nitrogen and oxygen atoms in total. The Morgan fingerprint density at radius 1 is 1.44 bits per heavy atom. The fourth-order valence-corrected chi connectivity index (χ4v) is 1.47. The van der Waals surface area contributed by atoms with E-state index in [0.717, 1.165) is 19.3 Å². The van der Waals surface area contributed by atoms with Crippen LogP contribution < -0.4 is 0 Å². The van der Waals surface area contributed by atoms with E-state index < -0.39 is 7.37 Å². The van der Waals surface area contributed by atoms with Crippen LogP contribution in [0, 0.1) is 0 Å². The first-order chi connectivity index (χ1) is 4.06. The lowest BCUT2D eigenvalue weighted by Crippen LogP contribution is -1.85. The molecule has 0 aliphatic heterocycles. The van der Waals surface area contributed by atoms with Gasteiger partial charge in [0.2, 0.25) is 0 Å². The second-order valence-corrected chi connectivity index (χ2v) is 5.03. The van der Waals surface area contributed by atoms with E-state index in [1.807, 2.05) is 0 Å². The van der Waals surface area contributed by atoms with Crippen LogP contribution in [0.2, 0.25) is 0 Å². The van der Waals surface area contributed by atoms with Gasteiger partial charge in [-0.2, -0.15) is 0 Å². The monoisotopic (exact) mass is 150 g/mol. The van der Waals surface area contributed by atoms with Crippen molar-refractivity contribution >= 4 is 7.37 Å². The zero-order chi connectivity index (χ0) is 7.33. The zero-order valence-corrected chi connectivity index (χ0v) is 7.03. The molecule has 0 rings (SSSR count). The Hall–Kier alpha value is 0.190. The summed E-state index contributed by atoms with van der Waals surface area (Å²) in [5.41, 5.74) is 0. The summed E-state index contributed by atoms with van der Waals surface area (Å²) in [6.07, 6.45) is 3.56. The highest BCUT2D eigenvalue weighted by Gasteiger charge is 2.06. The third-order valence-electron chi connectivity index (χ3n) is 1.18. The van der Waals surface area contributed by atoms with Crippen molar-refractivity contribution in [3.05, 3.63) is 0 Å². The lowest BCUT2D eigenvalue weighted by Gasteiger charge is -2.02. The molecule has 3 heteroatoms. The van der Waals surface area contributed by atoms with Gasteiger partial charge in [-0.15, -0.1) is 0 Å². The van der Waals surface area contributed by atoms with Crippen LogP contribution >= 0.6 is 7.37 Å². The van der Waals surface area contributed by atoms with Crippen molar-refractivity contribution in [2.24, 2.45) is 0 Å². The normalized spacial score (nSPS) is 17.2. The van der Waals surface area contributed by atoms with Crippen LogP contribution in [0.1, 0.15) is 26.2 Å². The van der Waals surface area contributed by atoms with Crippen molar-refractivity contribution in [2.45, 2.75) is 26.2 Å². The number of rotatable bonds is 4. The van der Waals surface area contributed by atoms with Gasteiger partial charge in [-0.1, -0.05) is 19.8 Å². The minimum absolute atomic E-state index is 0.487. The summed E-state index contributed by atoms with van der Waals surface area (Å²) in [5, 5.41) is 0. The van der Waals surface area contributed by atoms with Crippen LogP contribution in [-0.2, 0) is 4.57 Å². The quantitative estimate of drug-likeness (QED) is 0.492. The fourth-order valence-electron chi connectivity index (χ4n) is 0.655. The van der Waals surface area contributed by atoms with Gasteiger partial charge >= 0.3 is 0 Å². The van der Waals surface area contributed by atoms with Gasteiger partial charge < -0.3 is 4.89 Å². The lowest BCUT2D eigenvalue weighted by molar-refractivity contribution is 0.482. The molecule has 0 saturated heterocycles. The first-order valence-corrected chi connectivity index (χ1v) is 5.65. The Balaban J connectivity index is 3.18. The van der Waals surface area contributed by atoms with Crippen molar-refractivity contribution < 1.29 is 9.46 Å². The van der Waals surface area contributed by atoms with Crippen molar-refractivity contribution in [2.75, 3.05) is 12.8 Å². The van der Waals surface area contributed by atoms with Gasteiger partial charge in [0.25, 0.3) is 0 Å². The second kappa shape index (κ2) is 4.08. The fraction of sp³-hybridized carbons (Fsp3) is 1.00. The molecule has 0 heterocycles. The molecular formula is C6H15O2P. The van der Waals surface area contributed by atoms with E-state index >= 15 is 0 Å². The molecule has 1 N–H and O–H groups in total. The van der Waals surface area contributed by atoms with E-state index in [1.54, 1.807) is 0 Å². The van der Waals surface area contributed by atoms with E-state index in [4.69, 9.17) is 4.89 Å². The van der Waals surface area contributed by atoms with Crippen LogP contribution in [0.25, 0.3) is 0 Å². The molecular weight excluding hydrogens is 135 g/mol. The second-order valence-electron chi connectivity index (χ2n) is 2.48. The van der Waals surface area contributed by atoms with E-state index in [9.17, 15) is 4.57 Å². The topological polar surface area (TPSA) is 37.3 Å². The summed E-state index contributed by atoms with van der Waals surface area (Å²) < 4.78 is 10.6. The van der Waals surface area contributed by atoms with Gasteiger partial charge in [-0.25, -0.2) is 0 Å². The van der Waals surface area contributed by atoms with Gasteiger partial charge in [0.1, 0.15) is 0 Å². The maximum Gasteiger partial charge on any atom is 0.197 e. The molecule has 0 radical (unpaired) electrons. The molecule has 0 amide bonds. The van der Waals surface area contributed by atoms with E-state index in [0.29, 0.717) is 6.16 Å². The highest BCUT2D eigenvalue weighted by Crippen LogP contribution is 2.35. The molecule has 0 spiro atoms. The molecule has 0 aromatic carbocycles. The zero-order valence-electron chi connectivity index (χ0n) is 6.13. The number of hydrogen-bond donors (Lipinski definition) is 1. The Morgan fingerprint density at radius 2 is 2.00 bits per heavy atom. The highest BCUT2D eigenvalue weighted by atomic mass is 31.2. The first-order valence-electron chi connectivity index (χ1n) is 3.35. The molecule has 9 heavy (non-hydrogen) atoms. The summed E-state index contributed by atoms with van der Waals surface area (Å²) in [6, 6.07) is 0. The molecule has 56 valence electrons. The van der Waals surface area contributed by atoms with Crippen molar-refractivity contribution in [3.63, 3.8) is 0 Å². The SMILES string of the molecule is CCCCCP(C)(=O)O.